The molecule has 6 aromatic carbocycles. The lowest BCUT2D eigenvalue weighted by atomic mass is 9.82. The van der Waals surface area contributed by atoms with E-state index in [1.807, 2.05) is 0 Å². The molecule has 0 spiro atoms. The van der Waals surface area contributed by atoms with Crippen molar-refractivity contribution in [3.05, 3.63) is 139 Å². The maximum atomic E-state index is 6.90. The maximum absolute atomic E-state index is 6.90. The van der Waals surface area contributed by atoms with E-state index in [-0.39, 0.29) is 5.41 Å². The van der Waals surface area contributed by atoms with Crippen molar-refractivity contribution in [2.45, 2.75) is 19.3 Å². The van der Waals surface area contributed by atoms with Crippen molar-refractivity contribution in [1.82, 2.24) is 4.57 Å². The van der Waals surface area contributed by atoms with Gasteiger partial charge < -0.3 is 8.98 Å². The van der Waals surface area contributed by atoms with Crippen molar-refractivity contribution >= 4 is 43.7 Å². The molecule has 0 bridgehead atoms. The Balaban J connectivity index is 1.29. The third-order valence-corrected chi connectivity index (χ3v) is 9.21. The minimum absolute atomic E-state index is 0.0570. The molecule has 41 heavy (non-hydrogen) atoms. The second kappa shape index (κ2) is 7.99. The average molecular weight is 526 g/mol. The number of hydrogen-bond acceptors (Lipinski definition) is 1. The van der Waals surface area contributed by atoms with Crippen LogP contribution in [0.1, 0.15) is 25.0 Å². The van der Waals surface area contributed by atoms with E-state index in [2.05, 4.69) is 146 Å². The fraction of sp³-hybridized carbons (Fsp3) is 0.0769. The molecule has 9 rings (SSSR count). The zero-order chi connectivity index (χ0) is 27.3. The standard InChI is InChI=1S/C39H27NO/c1-39(2)32-18-6-3-15-31(32)36-33(39)22-21-30-29-17-10-16-26(37(29)41-38(30)36)24-11-9-12-25(23-24)40-34-19-7-4-13-27(34)28-14-5-8-20-35(28)40/h3-23H,1-2H3. The number of hydrogen-bond donors (Lipinski definition) is 0. The van der Waals surface area contributed by atoms with Crippen LogP contribution in [0.3, 0.4) is 0 Å². The number of nitrogens with zero attached hydrogens (tertiary/aromatic N) is 1. The second-order valence-electron chi connectivity index (χ2n) is 11.7. The van der Waals surface area contributed by atoms with E-state index >= 15 is 0 Å². The predicted octanol–water partition coefficient (Wildman–Crippen LogP) is 10.7. The van der Waals surface area contributed by atoms with Crippen LogP contribution in [0, 0.1) is 0 Å². The number of benzene rings is 6. The van der Waals surface area contributed by atoms with Crippen LogP contribution in [0.5, 0.6) is 0 Å². The number of fused-ring (bicyclic) bond motifs is 10. The second-order valence-corrected chi connectivity index (χ2v) is 11.7. The summed E-state index contributed by atoms with van der Waals surface area (Å²) in [5, 5.41) is 4.87. The first-order valence-corrected chi connectivity index (χ1v) is 14.3. The summed E-state index contributed by atoms with van der Waals surface area (Å²) >= 11 is 0. The third kappa shape index (κ3) is 2.97. The highest BCUT2D eigenvalue weighted by Crippen LogP contribution is 2.52. The Hall–Kier alpha value is -5.08. The quantitative estimate of drug-likeness (QED) is 0.219. The molecule has 0 atom stereocenters. The van der Waals surface area contributed by atoms with E-state index in [9.17, 15) is 0 Å². The zero-order valence-electron chi connectivity index (χ0n) is 23.0. The molecule has 0 saturated carbocycles. The smallest absolute Gasteiger partial charge is 0.143 e. The van der Waals surface area contributed by atoms with Crippen LogP contribution >= 0.6 is 0 Å². The molecule has 2 aromatic heterocycles. The van der Waals surface area contributed by atoms with Crippen LogP contribution in [0.2, 0.25) is 0 Å². The van der Waals surface area contributed by atoms with Crippen LogP contribution in [-0.2, 0) is 5.41 Å². The molecule has 0 aliphatic heterocycles. The van der Waals surface area contributed by atoms with Gasteiger partial charge in [0.15, 0.2) is 0 Å². The van der Waals surface area contributed by atoms with Crippen molar-refractivity contribution in [3.63, 3.8) is 0 Å². The lowest BCUT2D eigenvalue weighted by Gasteiger charge is -2.21. The van der Waals surface area contributed by atoms with Gasteiger partial charge in [0, 0.05) is 43.8 Å². The van der Waals surface area contributed by atoms with Crippen LogP contribution in [-0.4, -0.2) is 4.57 Å². The van der Waals surface area contributed by atoms with Gasteiger partial charge in [-0.3, -0.25) is 0 Å². The lowest BCUT2D eigenvalue weighted by molar-refractivity contribution is 0.653. The summed E-state index contributed by atoms with van der Waals surface area (Å²) in [7, 11) is 0. The summed E-state index contributed by atoms with van der Waals surface area (Å²) in [5.41, 5.74) is 12.9. The van der Waals surface area contributed by atoms with Crippen molar-refractivity contribution in [3.8, 4) is 27.9 Å². The van der Waals surface area contributed by atoms with Crippen molar-refractivity contribution in [2.75, 3.05) is 0 Å². The molecule has 0 unspecified atom stereocenters. The first-order valence-electron chi connectivity index (χ1n) is 14.3. The molecule has 1 aliphatic rings. The Morgan fingerprint density at radius 1 is 0.512 bits per heavy atom. The van der Waals surface area contributed by atoms with E-state index in [0.29, 0.717) is 0 Å². The number of para-hydroxylation sites is 3. The summed E-state index contributed by atoms with van der Waals surface area (Å²) in [6.07, 6.45) is 0. The topological polar surface area (TPSA) is 18.1 Å². The largest absolute Gasteiger partial charge is 0.455 e. The Kier molecular flexibility index (Phi) is 4.42. The highest BCUT2D eigenvalue weighted by molar-refractivity contribution is 6.15. The van der Waals surface area contributed by atoms with Crippen LogP contribution in [0.25, 0.3) is 71.7 Å². The van der Waals surface area contributed by atoms with Crippen LogP contribution < -0.4 is 0 Å². The molecule has 2 nitrogen and oxygen atoms in total. The molecule has 1 aliphatic carbocycles. The Labute approximate surface area is 238 Å². The molecule has 0 amide bonds. The minimum Gasteiger partial charge on any atom is -0.455 e. The van der Waals surface area contributed by atoms with Gasteiger partial charge in [0.05, 0.1) is 11.0 Å². The molecule has 0 N–H and O–H groups in total. The minimum atomic E-state index is -0.0570. The van der Waals surface area contributed by atoms with Gasteiger partial charge in [-0.05, 0) is 46.5 Å². The molecule has 0 saturated heterocycles. The van der Waals surface area contributed by atoms with Gasteiger partial charge in [-0.25, -0.2) is 0 Å². The normalized spacial score (nSPS) is 13.8. The number of furan rings is 1. The summed E-state index contributed by atoms with van der Waals surface area (Å²) in [5.74, 6) is 0. The van der Waals surface area contributed by atoms with Gasteiger partial charge in [-0.15, -0.1) is 0 Å². The first-order chi connectivity index (χ1) is 20.1. The van der Waals surface area contributed by atoms with E-state index in [0.717, 1.165) is 33.4 Å². The Morgan fingerprint density at radius 2 is 1.15 bits per heavy atom. The number of rotatable bonds is 2. The molecule has 2 heteroatoms. The number of aromatic nitrogens is 1. The van der Waals surface area contributed by atoms with Gasteiger partial charge in [0.1, 0.15) is 11.2 Å². The first kappa shape index (κ1) is 22.7. The predicted molar refractivity (Wildman–Crippen MR) is 171 cm³/mol. The van der Waals surface area contributed by atoms with Crippen molar-refractivity contribution in [1.29, 1.82) is 0 Å². The van der Waals surface area contributed by atoms with E-state index in [4.69, 9.17) is 4.42 Å². The molecule has 194 valence electrons. The fourth-order valence-corrected chi connectivity index (χ4v) is 7.28. The summed E-state index contributed by atoms with van der Waals surface area (Å²) in [6.45, 7) is 4.63. The van der Waals surface area contributed by atoms with Gasteiger partial charge in [0.25, 0.3) is 0 Å². The SMILES string of the molecule is CC1(C)c2ccccc2-c2c1ccc1c2oc2c(-c3cccc(-n4c5ccccc5c5ccccc54)c3)cccc21. The Morgan fingerprint density at radius 3 is 1.95 bits per heavy atom. The van der Waals surface area contributed by atoms with Gasteiger partial charge in [0.2, 0.25) is 0 Å². The Bertz CT molecular complexity index is 2290. The van der Waals surface area contributed by atoms with E-state index < -0.39 is 0 Å². The van der Waals surface area contributed by atoms with Crippen LogP contribution in [0.4, 0.5) is 0 Å². The monoisotopic (exact) mass is 525 g/mol. The molecule has 0 fully saturated rings. The fourth-order valence-electron chi connectivity index (χ4n) is 7.28. The van der Waals surface area contributed by atoms with E-state index in [1.165, 1.54) is 49.4 Å². The molecule has 0 radical (unpaired) electrons. The van der Waals surface area contributed by atoms with E-state index in [1.54, 1.807) is 0 Å². The van der Waals surface area contributed by atoms with Crippen molar-refractivity contribution < 1.29 is 4.42 Å². The highest BCUT2D eigenvalue weighted by atomic mass is 16.3. The van der Waals surface area contributed by atoms with Gasteiger partial charge in [-0.1, -0.05) is 117 Å². The third-order valence-electron chi connectivity index (χ3n) is 9.21. The lowest BCUT2D eigenvalue weighted by Crippen LogP contribution is -2.14. The van der Waals surface area contributed by atoms with Crippen LogP contribution in [0.15, 0.2) is 132 Å². The summed E-state index contributed by atoms with van der Waals surface area (Å²) in [4.78, 5) is 0. The molecular formula is C39H27NO. The average Bonchev–Trinajstić information content (AvgIpc) is 3.63. The van der Waals surface area contributed by atoms with Crippen molar-refractivity contribution in [2.24, 2.45) is 0 Å². The highest BCUT2D eigenvalue weighted by Gasteiger charge is 2.37. The summed E-state index contributed by atoms with van der Waals surface area (Å²) < 4.78 is 9.27. The molecule has 8 aromatic rings. The molecule has 2 heterocycles. The molecular weight excluding hydrogens is 498 g/mol. The van der Waals surface area contributed by atoms with Gasteiger partial charge in [-0.2, -0.15) is 0 Å². The zero-order valence-corrected chi connectivity index (χ0v) is 23.0. The maximum Gasteiger partial charge on any atom is 0.143 e. The summed E-state index contributed by atoms with van der Waals surface area (Å²) in [6, 6.07) is 46.1. The van der Waals surface area contributed by atoms with Gasteiger partial charge >= 0.3 is 0 Å².